The minimum Gasteiger partial charge on any atom is -0.494 e. The van der Waals surface area contributed by atoms with Crippen molar-refractivity contribution in [1.29, 1.82) is 10.5 Å². The summed E-state index contributed by atoms with van der Waals surface area (Å²) in [5.41, 5.74) is 8.29. The Morgan fingerprint density at radius 3 is 1.38 bits per heavy atom. The van der Waals surface area contributed by atoms with Crippen molar-refractivity contribution < 1.29 is 24.3 Å². The van der Waals surface area contributed by atoms with Gasteiger partial charge in [0.1, 0.15) is 0 Å². The van der Waals surface area contributed by atoms with E-state index >= 15 is 0 Å². The molecule has 308 valence electrons. The molecule has 4 N–H and O–H groups in total. The van der Waals surface area contributed by atoms with Gasteiger partial charge in [-0.15, -0.1) is 0 Å². The second-order valence-corrected chi connectivity index (χ2v) is 16.6. The minimum atomic E-state index is -0.613. The minimum absolute atomic E-state index is 0.0753. The number of carbonyl (C=O) groups is 2. The summed E-state index contributed by atoms with van der Waals surface area (Å²) in [6.07, 6.45) is 5.17. The second kappa shape index (κ2) is 16.3. The van der Waals surface area contributed by atoms with Crippen LogP contribution in [0.2, 0.25) is 0 Å². The van der Waals surface area contributed by atoms with Crippen molar-refractivity contribution in [3.05, 3.63) is 154 Å². The lowest BCUT2D eigenvalue weighted by Crippen LogP contribution is -2.44. The summed E-state index contributed by atoms with van der Waals surface area (Å²) >= 11 is 0. The zero-order chi connectivity index (χ0) is 43.0. The van der Waals surface area contributed by atoms with E-state index in [0.29, 0.717) is 62.6 Å². The topological polar surface area (TPSA) is 163 Å². The van der Waals surface area contributed by atoms with Gasteiger partial charge in [0, 0.05) is 38.3 Å². The maximum Gasteiger partial charge on any atom is 0.327 e. The highest BCUT2D eigenvalue weighted by atomic mass is 16.3. The zero-order valence-electron chi connectivity index (χ0n) is 34.6. The number of quaternary nitrogens is 1. The van der Waals surface area contributed by atoms with Crippen molar-refractivity contribution in [3.63, 3.8) is 0 Å². The lowest BCUT2D eigenvalue weighted by molar-refractivity contribution is -0.890. The standard InChI is InChI=1S/C48H47N9O4/c1-31-9-5-11-37(25-31)55-39-29-53(45(58)41(39)43(51-47(55)60)35-17-13-33(27-49)14-18-35)21-7-23-57(3,4)24-8-22-54-30-40-42(46(54)59)44(36-19-15-34(28-50)16-20-36)52-48(61)56(40)38-12-6-10-32(2)26-38/h5-6,9-20,25-26,29-30,43-44H,7-8,21-24H2,1-4H3,(H3-,51,52,58,59,60,61)/p+1/t43-,44-/m1/s1. The van der Waals surface area contributed by atoms with Crippen molar-refractivity contribution >= 4 is 34.8 Å². The van der Waals surface area contributed by atoms with Gasteiger partial charge in [0.05, 0.1) is 96.4 Å². The highest BCUT2D eigenvalue weighted by Gasteiger charge is 2.39. The Balaban J connectivity index is 0.993. The average molecular weight is 815 g/mol. The zero-order valence-corrected chi connectivity index (χ0v) is 34.6. The van der Waals surface area contributed by atoms with Crippen LogP contribution in [0, 0.1) is 36.5 Å². The first-order chi connectivity index (χ1) is 29.3. The fraction of sp³-hybridized carbons (Fsp3) is 0.250. The number of anilines is 4. The van der Waals surface area contributed by atoms with E-state index in [1.807, 2.05) is 83.9 Å². The molecule has 6 aromatic rings. The van der Waals surface area contributed by atoms with Crippen LogP contribution in [0.25, 0.3) is 0 Å². The number of aromatic hydroxyl groups is 2. The van der Waals surface area contributed by atoms with Crippen LogP contribution in [0.1, 0.15) is 69.4 Å². The van der Waals surface area contributed by atoms with Gasteiger partial charge in [0.2, 0.25) is 0 Å². The first-order valence-corrected chi connectivity index (χ1v) is 20.4. The number of nitrogens with zero attached hydrogens (tertiary/aromatic N) is 7. The van der Waals surface area contributed by atoms with Crippen LogP contribution >= 0.6 is 0 Å². The molecule has 0 bridgehead atoms. The van der Waals surface area contributed by atoms with Crippen LogP contribution in [-0.4, -0.2) is 63.1 Å². The number of nitriles is 2. The summed E-state index contributed by atoms with van der Waals surface area (Å²) < 4.78 is 4.30. The maximum absolute atomic E-state index is 13.8. The normalized spacial score (nSPS) is 16.0. The number of amides is 4. The summed E-state index contributed by atoms with van der Waals surface area (Å²) in [4.78, 5) is 30.7. The van der Waals surface area contributed by atoms with Crippen molar-refractivity contribution in [2.75, 3.05) is 37.0 Å². The molecule has 0 saturated heterocycles. The molecule has 61 heavy (non-hydrogen) atoms. The van der Waals surface area contributed by atoms with Gasteiger partial charge in [-0.3, -0.25) is 9.80 Å². The number of benzene rings is 4. The summed E-state index contributed by atoms with van der Waals surface area (Å²) in [5.74, 6) is 0.151. The van der Waals surface area contributed by atoms with Crippen LogP contribution in [0.15, 0.2) is 109 Å². The van der Waals surface area contributed by atoms with Crippen LogP contribution in [-0.2, 0) is 13.1 Å². The molecule has 4 heterocycles. The van der Waals surface area contributed by atoms with Crippen LogP contribution in [0.4, 0.5) is 32.3 Å². The first-order valence-electron chi connectivity index (χ1n) is 20.4. The van der Waals surface area contributed by atoms with Crippen molar-refractivity contribution in [3.8, 4) is 23.9 Å². The van der Waals surface area contributed by atoms with Crippen molar-refractivity contribution in [1.82, 2.24) is 19.8 Å². The van der Waals surface area contributed by atoms with Crippen LogP contribution in [0.5, 0.6) is 11.8 Å². The van der Waals surface area contributed by atoms with Gasteiger partial charge >= 0.3 is 12.1 Å². The Kier molecular flexibility index (Phi) is 10.8. The van der Waals surface area contributed by atoms with E-state index in [2.05, 4.69) is 36.9 Å². The number of hydrogen-bond donors (Lipinski definition) is 4. The Morgan fingerprint density at radius 2 is 1.02 bits per heavy atom. The highest BCUT2D eigenvalue weighted by Crippen LogP contribution is 2.47. The molecule has 4 aromatic carbocycles. The molecule has 2 atom stereocenters. The maximum atomic E-state index is 13.8. The molecule has 2 aliphatic heterocycles. The molecule has 4 amide bonds. The van der Waals surface area contributed by atoms with E-state index < -0.39 is 12.1 Å². The number of fused-ring (bicyclic) bond motifs is 2. The number of nitrogens with one attached hydrogen (secondary N) is 2. The monoisotopic (exact) mass is 814 g/mol. The largest absolute Gasteiger partial charge is 0.494 e. The van der Waals surface area contributed by atoms with Gasteiger partial charge in [-0.05, 0) is 84.6 Å². The predicted molar refractivity (Wildman–Crippen MR) is 233 cm³/mol. The van der Waals surface area contributed by atoms with Gasteiger partial charge in [-0.1, -0.05) is 48.5 Å². The first kappa shape index (κ1) is 40.3. The number of aryl methyl sites for hydroxylation is 4. The molecular weight excluding hydrogens is 767 g/mol. The third-order valence-corrected chi connectivity index (χ3v) is 11.7. The molecule has 2 aromatic heterocycles. The van der Waals surface area contributed by atoms with E-state index in [-0.39, 0.29) is 23.8 Å². The number of aromatic nitrogens is 2. The molecule has 0 aliphatic carbocycles. The lowest BCUT2D eigenvalue weighted by atomic mass is 9.96. The van der Waals surface area contributed by atoms with Gasteiger partial charge in [0.15, 0.2) is 11.8 Å². The van der Waals surface area contributed by atoms with Crippen molar-refractivity contribution in [2.24, 2.45) is 0 Å². The second-order valence-electron chi connectivity index (χ2n) is 16.6. The van der Waals surface area contributed by atoms with E-state index in [9.17, 15) is 30.3 Å². The van der Waals surface area contributed by atoms with Gasteiger partial charge in [0.25, 0.3) is 0 Å². The molecule has 0 spiro atoms. The third kappa shape index (κ3) is 7.87. The summed E-state index contributed by atoms with van der Waals surface area (Å²) in [5, 5.41) is 48.5. The quantitative estimate of drug-likeness (QED) is 0.0906. The van der Waals surface area contributed by atoms with Gasteiger partial charge < -0.3 is 34.5 Å². The van der Waals surface area contributed by atoms with E-state index in [4.69, 9.17) is 0 Å². The summed E-state index contributed by atoms with van der Waals surface area (Å²) in [7, 11) is 4.32. The third-order valence-electron chi connectivity index (χ3n) is 11.7. The summed E-state index contributed by atoms with van der Waals surface area (Å²) in [6.45, 7) is 6.53. The van der Waals surface area contributed by atoms with E-state index in [1.54, 1.807) is 58.3 Å². The Hall–Kier alpha value is -7.48. The van der Waals surface area contributed by atoms with Crippen LogP contribution in [0.3, 0.4) is 0 Å². The average Bonchev–Trinajstić information content (AvgIpc) is 3.74. The number of urea groups is 2. The van der Waals surface area contributed by atoms with Crippen LogP contribution < -0.4 is 20.4 Å². The number of carbonyl (C=O) groups excluding carboxylic acids is 2. The molecule has 0 saturated carbocycles. The molecule has 0 radical (unpaired) electrons. The Bertz CT molecular complexity index is 2530. The van der Waals surface area contributed by atoms with E-state index in [0.717, 1.165) is 48.2 Å². The van der Waals surface area contributed by atoms with Gasteiger partial charge in [-0.2, -0.15) is 10.5 Å². The smallest absolute Gasteiger partial charge is 0.327 e. The summed E-state index contributed by atoms with van der Waals surface area (Å²) in [6, 6.07) is 31.8. The van der Waals surface area contributed by atoms with E-state index in [1.165, 1.54) is 0 Å². The molecule has 8 rings (SSSR count). The molecule has 13 nitrogen and oxygen atoms in total. The fourth-order valence-corrected chi connectivity index (χ4v) is 8.58. The molecular formula is C48H48N9O4+. The lowest BCUT2D eigenvalue weighted by Gasteiger charge is -2.33. The number of rotatable bonds is 12. The molecule has 0 fully saturated rings. The SMILES string of the molecule is Cc1cccc(N2C(=O)N[C@H](c3ccc(C#N)cc3)c3c2cn(CCC[N+](C)(C)CCCn2cc4c(c2O)[C@@H](c2ccc(C#N)cc2)NC(=O)N4c2cccc(C)c2)c3O)c1. The Labute approximate surface area is 355 Å². The number of hydrogen-bond acceptors (Lipinski definition) is 6. The Morgan fingerprint density at radius 1 is 0.623 bits per heavy atom. The predicted octanol–water partition coefficient (Wildman–Crippen LogP) is 8.52. The molecule has 13 heteroatoms. The molecule has 0 unspecified atom stereocenters. The van der Waals surface area contributed by atoms with Crippen molar-refractivity contribution in [2.45, 2.75) is 51.9 Å². The molecule has 2 aliphatic rings. The fourth-order valence-electron chi connectivity index (χ4n) is 8.58. The highest BCUT2D eigenvalue weighted by molar-refractivity contribution is 6.04. The van der Waals surface area contributed by atoms with Gasteiger partial charge in [-0.25, -0.2) is 9.59 Å².